The summed E-state index contributed by atoms with van der Waals surface area (Å²) in [6.45, 7) is 6.94. The van der Waals surface area contributed by atoms with Gasteiger partial charge in [-0.25, -0.2) is 4.79 Å². The molecule has 23 heavy (non-hydrogen) atoms. The van der Waals surface area contributed by atoms with E-state index in [1.807, 2.05) is 19.1 Å². The summed E-state index contributed by atoms with van der Waals surface area (Å²) >= 11 is 0. The molecule has 1 aromatic carbocycles. The zero-order chi connectivity index (χ0) is 16.4. The normalized spacial score (nSPS) is 16.6. The summed E-state index contributed by atoms with van der Waals surface area (Å²) in [6.07, 6.45) is 4.18. The highest BCUT2D eigenvalue weighted by atomic mass is 16.4. The van der Waals surface area contributed by atoms with Crippen LogP contribution in [0.5, 0.6) is 0 Å². The molecule has 122 valence electrons. The van der Waals surface area contributed by atoms with E-state index in [-0.39, 0.29) is 5.69 Å². The Labute approximate surface area is 136 Å². The van der Waals surface area contributed by atoms with Crippen molar-refractivity contribution in [3.63, 3.8) is 0 Å². The van der Waals surface area contributed by atoms with Crippen LogP contribution in [-0.2, 0) is 6.54 Å². The van der Waals surface area contributed by atoms with Gasteiger partial charge in [-0.05, 0) is 57.0 Å². The first-order chi connectivity index (χ1) is 11.1. The van der Waals surface area contributed by atoms with Crippen LogP contribution in [0.2, 0.25) is 0 Å². The van der Waals surface area contributed by atoms with Crippen molar-refractivity contribution in [2.45, 2.75) is 39.3 Å². The summed E-state index contributed by atoms with van der Waals surface area (Å²) in [5, 5.41) is 13.7. The third-order valence-corrected chi connectivity index (χ3v) is 4.71. The van der Waals surface area contributed by atoms with E-state index in [1.54, 1.807) is 6.20 Å². The van der Waals surface area contributed by atoms with Gasteiger partial charge in [0.15, 0.2) is 5.69 Å². The molecule has 2 aromatic rings. The quantitative estimate of drug-likeness (QED) is 0.919. The van der Waals surface area contributed by atoms with Crippen LogP contribution in [0.3, 0.4) is 0 Å². The van der Waals surface area contributed by atoms with E-state index in [0.717, 1.165) is 18.7 Å². The minimum atomic E-state index is -0.933. The molecule has 0 aliphatic carbocycles. The Morgan fingerprint density at radius 2 is 2.09 bits per heavy atom. The fraction of sp³-hybridized carbons (Fsp3) is 0.444. The van der Waals surface area contributed by atoms with Crippen LogP contribution in [-0.4, -0.2) is 38.8 Å². The van der Waals surface area contributed by atoms with Gasteiger partial charge < -0.3 is 5.11 Å². The van der Waals surface area contributed by atoms with Crippen molar-refractivity contribution in [3.8, 4) is 11.1 Å². The molecule has 1 atom stereocenters. The maximum Gasteiger partial charge on any atom is 0.354 e. The van der Waals surface area contributed by atoms with Gasteiger partial charge in [0.1, 0.15) is 0 Å². The molecule has 5 heteroatoms. The average molecular weight is 313 g/mol. The zero-order valence-corrected chi connectivity index (χ0v) is 13.7. The van der Waals surface area contributed by atoms with Crippen molar-refractivity contribution in [1.29, 1.82) is 0 Å². The molecule has 1 aliphatic heterocycles. The molecular weight excluding hydrogens is 290 g/mol. The van der Waals surface area contributed by atoms with E-state index in [0.29, 0.717) is 18.2 Å². The van der Waals surface area contributed by atoms with E-state index in [4.69, 9.17) is 0 Å². The minimum Gasteiger partial charge on any atom is -0.477 e. The van der Waals surface area contributed by atoms with Crippen molar-refractivity contribution in [2.75, 3.05) is 13.1 Å². The lowest BCUT2D eigenvalue weighted by Crippen LogP contribution is -2.23. The van der Waals surface area contributed by atoms with Crippen LogP contribution in [0.1, 0.15) is 48.8 Å². The van der Waals surface area contributed by atoms with Crippen molar-refractivity contribution < 1.29 is 9.90 Å². The Morgan fingerprint density at radius 1 is 1.35 bits per heavy atom. The fourth-order valence-corrected chi connectivity index (χ4v) is 3.37. The van der Waals surface area contributed by atoms with E-state index in [2.05, 4.69) is 29.1 Å². The summed E-state index contributed by atoms with van der Waals surface area (Å²) in [5.41, 5.74) is 3.10. The van der Waals surface area contributed by atoms with Crippen LogP contribution in [0, 0.1) is 0 Å². The highest BCUT2D eigenvalue weighted by Crippen LogP contribution is 2.30. The number of carboxylic acids is 1. The number of carbonyl (C=O) groups is 1. The molecule has 1 saturated heterocycles. The number of aromatic carboxylic acids is 1. The fourth-order valence-electron chi connectivity index (χ4n) is 3.37. The van der Waals surface area contributed by atoms with Gasteiger partial charge in [-0.15, -0.1) is 0 Å². The monoisotopic (exact) mass is 313 g/mol. The Hall–Kier alpha value is -2.14. The molecule has 1 N–H and O–H groups in total. The molecule has 0 unspecified atom stereocenters. The molecular formula is C18H23N3O2. The largest absolute Gasteiger partial charge is 0.477 e. The number of aryl methyl sites for hydroxylation is 1. The lowest BCUT2D eigenvalue weighted by Gasteiger charge is -2.24. The van der Waals surface area contributed by atoms with Crippen LogP contribution in [0.25, 0.3) is 11.1 Å². The predicted octanol–water partition coefficient (Wildman–Crippen LogP) is 3.43. The van der Waals surface area contributed by atoms with Gasteiger partial charge in [-0.1, -0.05) is 18.2 Å². The summed E-state index contributed by atoms with van der Waals surface area (Å²) in [6, 6.07) is 8.55. The molecule has 0 spiro atoms. The summed E-state index contributed by atoms with van der Waals surface area (Å²) in [4.78, 5) is 14.1. The second kappa shape index (κ2) is 6.54. The maximum absolute atomic E-state index is 11.6. The molecule has 0 saturated carbocycles. The van der Waals surface area contributed by atoms with Gasteiger partial charge in [0.05, 0.1) is 6.20 Å². The molecule has 5 nitrogen and oxygen atoms in total. The first kappa shape index (κ1) is 15.7. The van der Waals surface area contributed by atoms with Crippen LogP contribution < -0.4 is 0 Å². The van der Waals surface area contributed by atoms with Crippen molar-refractivity contribution in [1.82, 2.24) is 14.7 Å². The number of likely N-dealkylation sites (tertiary alicyclic amines) is 1. The Balaban J connectivity index is 1.97. The number of hydrogen-bond donors (Lipinski definition) is 1. The van der Waals surface area contributed by atoms with Gasteiger partial charge >= 0.3 is 5.97 Å². The molecule has 1 aliphatic rings. The molecule has 2 heterocycles. The maximum atomic E-state index is 11.6. The van der Waals surface area contributed by atoms with Crippen LogP contribution >= 0.6 is 0 Å². The molecule has 3 rings (SSSR count). The highest BCUT2D eigenvalue weighted by Gasteiger charge is 2.22. The number of rotatable bonds is 5. The number of benzene rings is 1. The third-order valence-electron chi connectivity index (χ3n) is 4.71. The van der Waals surface area contributed by atoms with Crippen LogP contribution in [0.15, 0.2) is 30.5 Å². The summed E-state index contributed by atoms with van der Waals surface area (Å²) < 4.78 is 1.54. The summed E-state index contributed by atoms with van der Waals surface area (Å²) in [7, 11) is 0. The second-order valence-electron chi connectivity index (χ2n) is 6.07. The van der Waals surface area contributed by atoms with E-state index in [1.165, 1.54) is 23.1 Å². The summed E-state index contributed by atoms with van der Waals surface area (Å²) in [5.74, 6) is -0.933. The van der Waals surface area contributed by atoms with Gasteiger partial charge in [0, 0.05) is 18.2 Å². The highest BCUT2D eigenvalue weighted by molar-refractivity contribution is 5.94. The van der Waals surface area contributed by atoms with Crippen molar-refractivity contribution in [2.24, 2.45) is 0 Å². The Morgan fingerprint density at radius 3 is 2.74 bits per heavy atom. The number of hydrogen-bond acceptors (Lipinski definition) is 3. The zero-order valence-electron chi connectivity index (χ0n) is 13.7. The predicted molar refractivity (Wildman–Crippen MR) is 89.5 cm³/mol. The first-order valence-electron chi connectivity index (χ1n) is 8.25. The smallest absolute Gasteiger partial charge is 0.354 e. The van der Waals surface area contributed by atoms with Gasteiger partial charge in [0.25, 0.3) is 0 Å². The van der Waals surface area contributed by atoms with Crippen molar-refractivity contribution in [3.05, 3.63) is 41.7 Å². The second-order valence-corrected chi connectivity index (χ2v) is 6.07. The van der Waals surface area contributed by atoms with Gasteiger partial charge in [0.2, 0.25) is 0 Å². The van der Waals surface area contributed by atoms with Gasteiger partial charge in [-0.3, -0.25) is 9.58 Å². The molecule has 0 bridgehead atoms. The molecule has 0 amide bonds. The average Bonchev–Trinajstić information content (AvgIpc) is 3.23. The van der Waals surface area contributed by atoms with E-state index in [9.17, 15) is 9.90 Å². The third kappa shape index (κ3) is 3.01. The van der Waals surface area contributed by atoms with E-state index < -0.39 is 5.97 Å². The minimum absolute atomic E-state index is 0.262. The van der Waals surface area contributed by atoms with Crippen molar-refractivity contribution >= 4 is 5.97 Å². The number of nitrogens with zero attached hydrogens (tertiary/aromatic N) is 3. The number of carboxylic acid groups (broad SMARTS) is 1. The molecule has 0 radical (unpaired) electrons. The lowest BCUT2D eigenvalue weighted by molar-refractivity contribution is 0.0684. The first-order valence-corrected chi connectivity index (χ1v) is 8.25. The van der Waals surface area contributed by atoms with Crippen LogP contribution in [0.4, 0.5) is 0 Å². The topological polar surface area (TPSA) is 58.4 Å². The SMILES string of the molecule is CCn1ncc(-c2cccc([C@@H](C)N3CCCC3)c2)c1C(=O)O. The Kier molecular flexibility index (Phi) is 4.48. The standard InChI is InChI=1S/C18H23N3O2/c1-3-21-17(18(22)23)16(12-19-21)15-8-6-7-14(11-15)13(2)20-9-4-5-10-20/h6-8,11-13H,3-5,9-10H2,1-2H3,(H,22,23)/t13-/m1/s1. The lowest BCUT2D eigenvalue weighted by atomic mass is 9.99. The number of aromatic nitrogens is 2. The molecule has 1 fully saturated rings. The van der Waals surface area contributed by atoms with E-state index >= 15 is 0 Å². The Bertz CT molecular complexity index is 702. The van der Waals surface area contributed by atoms with Gasteiger partial charge in [-0.2, -0.15) is 5.10 Å². The molecule has 1 aromatic heterocycles.